The normalized spacial score (nSPS) is 38.4. The highest BCUT2D eigenvalue weighted by Crippen LogP contribution is 2.60. The van der Waals surface area contributed by atoms with Crippen molar-refractivity contribution in [3.8, 4) is 5.75 Å². The van der Waals surface area contributed by atoms with Gasteiger partial charge < -0.3 is 15.0 Å². The van der Waals surface area contributed by atoms with Crippen LogP contribution in [-0.2, 0) is 6.42 Å². The number of nitrogens with one attached hydrogen (secondary N) is 1. The average Bonchev–Trinajstić information content (AvgIpc) is 3.38. The summed E-state index contributed by atoms with van der Waals surface area (Å²) in [5.74, 6) is 4.58. The third kappa shape index (κ3) is 4.13. The molecule has 3 fully saturated rings. The molecule has 0 heterocycles. The molecule has 5 rings (SSSR count). The van der Waals surface area contributed by atoms with Gasteiger partial charge in [0.25, 0.3) is 0 Å². The maximum Gasteiger partial charge on any atom is 0.119 e. The van der Waals surface area contributed by atoms with Crippen molar-refractivity contribution in [3.63, 3.8) is 0 Å². The second-order valence-electron chi connectivity index (χ2n) is 12.0. The molecule has 0 spiro atoms. The molecule has 0 aromatic heterocycles. The van der Waals surface area contributed by atoms with E-state index in [9.17, 15) is 0 Å². The van der Waals surface area contributed by atoms with E-state index >= 15 is 0 Å². The number of nitrogens with zero attached hydrogens (tertiary/aromatic N) is 1. The molecule has 1 aromatic rings. The van der Waals surface area contributed by atoms with Crippen molar-refractivity contribution in [3.05, 3.63) is 29.3 Å². The summed E-state index contributed by atoms with van der Waals surface area (Å²) in [6.07, 6.45) is 13.4. The zero-order valence-electron chi connectivity index (χ0n) is 21.0. The van der Waals surface area contributed by atoms with Crippen LogP contribution in [0.1, 0.15) is 88.7 Å². The molecule has 3 unspecified atom stereocenters. The summed E-state index contributed by atoms with van der Waals surface area (Å²) in [4.78, 5) is 2.57. The fourth-order valence-electron chi connectivity index (χ4n) is 8.39. The predicted octanol–water partition coefficient (Wildman–Crippen LogP) is 6.02. The van der Waals surface area contributed by atoms with Crippen LogP contribution in [-0.4, -0.2) is 44.2 Å². The van der Waals surface area contributed by atoms with E-state index in [-0.39, 0.29) is 0 Å². The molecule has 1 N–H and O–H groups in total. The van der Waals surface area contributed by atoms with Crippen molar-refractivity contribution in [2.24, 2.45) is 23.2 Å². The Labute approximate surface area is 196 Å². The number of aryl methyl sites for hydroxylation is 1. The molecule has 0 aliphatic heterocycles. The lowest BCUT2D eigenvalue weighted by Gasteiger charge is -2.51. The van der Waals surface area contributed by atoms with Gasteiger partial charge in [-0.25, -0.2) is 0 Å². The molecular weight excluding hydrogens is 392 g/mol. The Balaban J connectivity index is 1.16. The summed E-state index contributed by atoms with van der Waals surface area (Å²) in [5, 5.41) is 3.66. The van der Waals surface area contributed by atoms with Crippen LogP contribution in [0.25, 0.3) is 0 Å². The second kappa shape index (κ2) is 9.29. The monoisotopic (exact) mass is 438 g/mol. The highest BCUT2D eigenvalue weighted by atomic mass is 16.5. The third-order valence-electron chi connectivity index (χ3n) is 10.3. The number of hydrogen-bond donors (Lipinski definition) is 1. The smallest absolute Gasteiger partial charge is 0.119 e. The Hall–Kier alpha value is -1.06. The first-order valence-electron chi connectivity index (χ1n) is 13.6. The molecule has 0 amide bonds. The van der Waals surface area contributed by atoms with Crippen LogP contribution in [0.4, 0.5) is 0 Å². The summed E-state index contributed by atoms with van der Waals surface area (Å²) in [6, 6.07) is 8.60. The molecule has 3 saturated carbocycles. The van der Waals surface area contributed by atoms with Crippen molar-refractivity contribution >= 4 is 0 Å². The minimum absolute atomic E-state index is 0.514. The van der Waals surface area contributed by atoms with E-state index in [1.165, 1.54) is 57.8 Å². The molecule has 7 atom stereocenters. The highest BCUT2D eigenvalue weighted by Gasteiger charge is 2.54. The predicted molar refractivity (Wildman–Crippen MR) is 133 cm³/mol. The molecule has 4 aliphatic carbocycles. The molecule has 1 aromatic carbocycles. The lowest BCUT2D eigenvalue weighted by atomic mass is 9.55. The topological polar surface area (TPSA) is 24.5 Å². The summed E-state index contributed by atoms with van der Waals surface area (Å²) in [5.41, 5.74) is 3.74. The minimum atomic E-state index is 0.514. The Kier molecular flexibility index (Phi) is 6.60. The SMILES string of the molecule is CN[C@H]1CCC2C3CCc4cc(OCCCN(C)[C@@H]5CC[C@@H](C)C5)ccc4C3CC[C@@]21C. The molecular formula is C29H46N2O. The molecule has 3 nitrogen and oxygen atoms in total. The molecule has 0 bridgehead atoms. The van der Waals surface area contributed by atoms with Crippen molar-refractivity contribution in [1.82, 2.24) is 10.2 Å². The lowest BCUT2D eigenvalue weighted by Crippen LogP contribution is -2.47. The first-order chi connectivity index (χ1) is 15.5. The van der Waals surface area contributed by atoms with Gasteiger partial charge in [-0.15, -0.1) is 0 Å². The Morgan fingerprint density at radius 3 is 2.78 bits per heavy atom. The van der Waals surface area contributed by atoms with Crippen LogP contribution < -0.4 is 10.1 Å². The van der Waals surface area contributed by atoms with Crippen LogP contribution in [0.5, 0.6) is 5.75 Å². The Morgan fingerprint density at radius 1 is 1.12 bits per heavy atom. The van der Waals surface area contributed by atoms with E-state index in [0.717, 1.165) is 61.1 Å². The van der Waals surface area contributed by atoms with Gasteiger partial charge >= 0.3 is 0 Å². The van der Waals surface area contributed by atoms with Crippen LogP contribution >= 0.6 is 0 Å². The van der Waals surface area contributed by atoms with Crippen LogP contribution in [0, 0.1) is 23.2 Å². The minimum Gasteiger partial charge on any atom is -0.494 e. The Bertz CT molecular complexity index is 793. The van der Waals surface area contributed by atoms with Gasteiger partial charge in [0.1, 0.15) is 5.75 Å². The highest BCUT2D eigenvalue weighted by molar-refractivity contribution is 5.40. The van der Waals surface area contributed by atoms with E-state index < -0.39 is 0 Å². The number of rotatable bonds is 7. The molecule has 0 saturated heterocycles. The van der Waals surface area contributed by atoms with Crippen LogP contribution in [0.2, 0.25) is 0 Å². The van der Waals surface area contributed by atoms with Crippen molar-refractivity contribution < 1.29 is 4.74 Å². The van der Waals surface area contributed by atoms with Gasteiger partial charge in [-0.3, -0.25) is 0 Å². The van der Waals surface area contributed by atoms with Gasteiger partial charge in [0, 0.05) is 18.6 Å². The fourth-order valence-corrected chi connectivity index (χ4v) is 8.39. The molecule has 0 radical (unpaired) electrons. The summed E-state index contributed by atoms with van der Waals surface area (Å²) in [7, 11) is 4.48. The van der Waals surface area contributed by atoms with E-state index in [2.05, 4.69) is 56.4 Å². The zero-order chi connectivity index (χ0) is 22.3. The fraction of sp³-hybridized carbons (Fsp3) is 0.793. The molecule has 178 valence electrons. The zero-order valence-corrected chi connectivity index (χ0v) is 21.0. The summed E-state index contributed by atoms with van der Waals surface area (Å²) in [6.45, 7) is 6.97. The van der Waals surface area contributed by atoms with E-state index in [1.54, 1.807) is 11.1 Å². The maximum absolute atomic E-state index is 6.22. The standard InChI is InChI=1S/C29H46N2O/c1-20-6-8-22(18-20)31(4)16-5-17-32-23-9-11-24-21(19-23)7-10-26-25(24)14-15-29(2)27(26)12-13-28(29)30-3/h9,11,19-20,22,25-28,30H,5-8,10,12-18H2,1-4H3/t20-,22-,25?,26?,27?,28+,29+/m1/s1. The first kappa shape index (κ1) is 22.7. The number of ether oxygens (including phenoxy) is 1. The van der Waals surface area contributed by atoms with Crippen molar-refractivity contribution in [2.75, 3.05) is 27.2 Å². The van der Waals surface area contributed by atoms with Gasteiger partial charge in [0.05, 0.1) is 6.61 Å². The van der Waals surface area contributed by atoms with Gasteiger partial charge in [0.2, 0.25) is 0 Å². The number of hydrogen-bond acceptors (Lipinski definition) is 3. The van der Waals surface area contributed by atoms with Gasteiger partial charge in [-0.1, -0.05) is 19.9 Å². The maximum atomic E-state index is 6.22. The molecule has 32 heavy (non-hydrogen) atoms. The largest absolute Gasteiger partial charge is 0.494 e. The van der Waals surface area contributed by atoms with Crippen LogP contribution in [0.3, 0.4) is 0 Å². The average molecular weight is 439 g/mol. The first-order valence-corrected chi connectivity index (χ1v) is 13.6. The van der Waals surface area contributed by atoms with Crippen molar-refractivity contribution in [2.45, 2.75) is 96.1 Å². The quantitative estimate of drug-likeness (QED) is 0.527. The van der Waals surface area contributed by atoms with E-state index in [0.29, 0.717) is 5.41 Å². The number of fused-ring (bicyclic) bond motifs is 5. The summed E-state index contributed by atoms with van der Waals surface area (Å²) >= 11 is 0. The molecule has 3 heteroatoms. The van der Waals surface area contributed by atoms with E-state index in [4.69, 9.17) is 4.74 Å². The van der Waals surface area contributed by atoms with Crippen molar-refractivity contribution in [1.29, 1.82) is 0 Å². The van der Waals surface area contributed by atoms with Gasteiger partial charge in [0.15, 0.2) is 0 Å². The molecule has 4 aliphatic rings. The lowest BCUT2D eigenvalue weighted by molar-refractivity contribution is 0.0430. The number of benzene rings is 1. The van der Waals surface area contributed by atoms with E-state index in [1.807, 2.05) is 0 Å². The second-order valence-corrected chi connectivity index (χ2v) is 12.0. The van der Waals surface area contributed by atoms with Crippen LogP contribution in [0.15, 0.2) is 18.2 Å². The van der Waals surface area contributed by atoms with Gasteiger partial charge in [-0.2, -0.15) is 0 Å². The third-order valence-corrected chi connectivity index (χ3v) is 10.3. The summed E-state index contributed by atoms with van der Waals surface area (Å²) < 4.78 is 6.22. The van der Waals surface area contributed by atoms with Gasteiger partial charge in [-0.05, 0) is 131 Å². The Morgan fingerprint density at radius 2 is 2.00 bits per heavy atom.